The fourth-order valence-corrected chi connectivity index (χ4v) is 3.38. The molecule has 2 aromatic carbocycles. The van der Waals surface area contributed by atoms with Gasteiger partial charge < -0.3 is 10.2 Å². The van der Waals surface area contributed by atoms with Crippen molar-refractivity contribution in [3.05, 3.63) is 69.8 Å². The predicted octanol–water partition coefficient (Wildman–Crippen LogP) is 3.23. The number of nitrogens with zero attached hydrogens (tertiary/aromatic N) is 2. The van der Waals surface area contributed by atoms with Crippen molar-refractivity contribution in [2.24, 2.45) is 0 Å². The van der Waals surface area contributed by atoms with Crippen LogP contribution in [0.3, 0.4) is 0 Å². The van der Waals surface area contributed by atoms with Gasteiger partial charge in [-0.15, -0.1) is 0 Å². The van der Waals surface area contributed by atoms with Crippen molar-refractivity contribution in [3.8, 4) is 0 Å². The first kappa shape index (κ1) is 17.9. The van der Waals surface area contributed by atoms with Crippen LogP contribution in [-0.4, -0.2) is 30.0 Å². The topological polar surface area (TPSA) is 75.5 Å². The first-order chi connectivity index (χ1) is 12.5. The Morgan fingerprint density at radius 3 is 2.50 bits per heavy atom. The van der Waals surface area contributed by atoms with Gasteiger partial charge in [0.2, 0.25) is 5.91 Å². The molecule has 3 rings (SSSR count). The van der Waals surface area contributed by atoms with E-state index in [1.54, 1.807) is 19.1 Å². The molecule has 0 spiro atoms. The number of benzene rings is 2. The van der Waals surface area contributed by atoms with Gasteiger partial charge in [0, 0.05) is 36.4 Å². The van der Waals surface area contributed by atoms with Gasteiger partial charge in [-0.2, -0.15) is 0 Å². The Balaban J connectivity index is 1.52. The number of rotatable bonds is 5. The molecule has 1 aliphatic heterocycles. The maximum atomic E-state index is 12.2. The number of carbonyl (C=O) groups excluding carboxylic acids is 1. The van der Waals surface area contributed by atoms with Gasteiger partial charge in [0.25, 0.3) is 5.69 Å². The summed E-state index contributed by atoms with van der Waals surface area (Å²) in [7, 11) is 0. The zero-order chi connectivity index (χ0) is 18.5. The van der Waals surface area contributed by atoms with E-state index in [1.165, 1.54) is 0 Å². The summed E-state index contributed by atoms with van der Waals surface area (Å²) < 4.78 is 0. The molecule has 1 aliphatic rings. The van der Waals surface area contributed by atoms with E-state index in [2.05, 4.69) is 10.2 Å². The summed E-state index contributed by atoms with van der Waals surface area (Å²) in [6, 6.07) is 15.2. The van der Waals surface area contributed by atoms with Crippen molar-refractivity contribution in [3.63, 3.8) is 0 Å². The number of nitrogens with one attached hydrogen (secondary N) is 1. The summed E-state index contributed by atoms with van der Waals surface area (Å²) in [6.07, 6.45) is 2.15. The van der Waals surface area contributed by atoms with E-state index in [0.29, 0.717) is 12.0 Å². The number of piperidine rings is 1. The second kappa shape index (κ2) is 7.99. The highest BCUT2D eigenvalue weighted by Crippen LogP contribution is 2.26. The fourth-order valence-electron chi connectivity index (χ4n) is 3.38. The lowest BCUT2D eigenvalue weighted by Gasteiger charge is -2.34. The predicted molar refractivity (Wildman–Crippen MR) is 101 cm³/mol. The van der Waals surface area contributed by atoms with Crippen LogP contribution in [0.1, 0.15) is 24.0 Å². The van der Waals surface area contributed by atoms with Gasteiger partial charge >= 0.3 is 0 Å². The number of amides is 1. The highest BCUT2D eigenvalue weighted by atomic mass is 16.6. The number of carbonyl (C=O) groups is 1. The Bertz CT molecular complexity index is 784. The van der Waals surface area contributed by atoms with Crippen molar-refractivity contribution in [1.82, 2.24) is 5.32 Å². The van der Waals surface area contributed by atoms with Gasteiger partial charge in [-0.1, -0.05) is 30.3 Å². The third-order valence-corrected chi connectivity index (χ3v) is 4.81. The lowest BCUT2D eigenvalue weighted by molar-refractivity contribution is -0.385. The minimum atomic E-state index is -0.354. The van der Waals surface area contributed by atoms with Crippen LogP contribution in [-0.2, 0) is 11.2 Å². The Morgan fingerprint density at radius 2 is 1.88 bits per heavy atom. The summed E-state index contributed by atoms with van der Waals surface area (Å²) in [5.41, 5.74) is 2.84. The minimum Gasteiger partial charge on any atom is -0.371 e. The molecule has 0 radical (unpaired) electrons. The van der Waals surface area contributed by atoms with Gasteiger partial charge in [-0.25, -0.2) is 0 Å². The highest BCUT2D eigenvalue weighted by Gasteiger charge is 2.22. The molecule has 136 valence electrons. The van der Waals surface area contributed by atoms with Crippen molar-refractivity contribution < 1.29 is 9.72 Å². The average Bonchev–Trinajstić information content (AvgIpc) is 2.62. The molecule has 6 heteroatoms. The number of hydrogen-bond donors (Lipinski definition) is 1. The van der Waals surface area contributed by atoms with Crippen LogP contribution in [0, 0.1) is 17.0 Å². The van der Waals surface area contributed by atoms with Gasteiger partial charge in [0.15, 0.2) is 0 Å². The van der Waals surface area contributed by atoms with Gasteiger partial charge in [0.1, 0.15) is 0 Å². The molecule has 0 unspecified atom stereocenters. The Hall–Kier alpha value is -2.89. The first-order valence-electron chi connectivity index (χ1n) is 8.86. The molecule has 0 saturated carbocycles. The molecule has 1 N–H and O–H groups in total. The maximum absolute atomic E-state index is 12.2. The molecule has 0 atom stereocenters. The van der Waals surface area contributed by atoms with E-state index in [9.17, 15) is 14.9 Å². The Morgan fingerprint density at radius 1 is 1.19 bits per heavy atom. The molecular weight excluding hydrogens is 330 g/mol. The Labute approximate surface area is 153 Å². The summed E-state index contributed by atoms with van der Waals surface area (Å²) >= 11 is 0. The molecule has 26 heavy (non-hydrogen) atoms. The summed E-state index contributed by atoms with van der Waals surface area (Å²) in [6.45, 7) is 3.42. The van der Waals surface area contributed by atoms with E-state index < -0.39 is 0 Å². The zero-order valence-corrected chi connectivity index (χ0v) is 14.9. The van der Waals surface area contributed by atoms with Crippen LogP contribution in [0.25, 0.3) is 0 Å². The van der Waals surface area contributed by atoms with Crippen molar-refractivity contribution in [2.45, 2.75) is 32.2 Å². The summed E-state index contributed by atoms with van der Waals surface area (Å²) in [5, 5.41) is 14.1. The van der Waals surface area contributed by atoms with Crippen LogP contribution in [0.2, 0.25) is 0 Å². The molecule has 1 fully saturated rings. The number of nitro groups is 1. The molecular formula is C20H23N3O3. The summed E-state index contributed by atoms with van der Waals surface area (Å²) in [4.78, 5) is 25.0. The third-order valence-electron chi connectivity index (χ3n) is 4.81. The van der Waals surface area contributed by atoms with E-state index in [0.717, 1.165) is 37.2 Å². The molecule has 6 nitrogen and oxygen atoms in total. The normalized spacial score (nSPS) is 14.9. The quantitative estimate of drug-likeness (QED) is 0.661. The van der Waals surface area contributed by atoms with Crippen LogP contribution < -0.4 is 10.2 Å². The summed E-state index contributed by atoms with van der Waals surface area (Å²) in [5.74, 6) is 0.0563. The highest BCUT2D eigenvalue weighted by molar-refractivity contribution is 5.78. The third kappa shape index (κ3) is 4.39. The smallest absolute Gasteiger partial charge is 0.272 e. The average molecular weight is 353 g/mol. The number of anilines is 1. The SMILES string of the molecule is Cc1cc(N2CCC(NC(=O)Cc3ccccc3)CC2)ccc1[N+](=O)[O-]. The van der Waals surface area contributed by atoms with Gasteiger partial charge in [0.05, 0.1) is 11.3 Å². The lowest BCUT2D eigenvalue weighted by atomic mass is 10.0. The van der Waals surface area contributed by atoms with Crippen molar-refractivity contribution in [1.29, 1.82) is 0 Å². The van der Waals surface area contributed by atoms with E-state index in [-0.39, 0.29) is 22.6 Å². The van der Waals surface area contributed by atoms with E-state index in [4.69, 9.17) is 0 Å². The van der Waals surface area contributed by atoms with Crippen molar-refractivity contribution >= 4 is 17.3 Å². The molecule has 0 aromatic heterocycles. The standard InChI is InChI=1S/C20H23N3O3/c1-15-13-18(7-8-19(15)23(25)26)22-11-9-17(10-12-22)21-20(24)14-16-5-3-2-4-6-16/h2-8,13,17H,9-12,14H2,1H3,(H,21,24). The molecule has 2 aromatic rings. The van der Waals surface area contributed by atoms with Crippen LogP contribution >= 0.6 is 0 Å². The second-order valence-corrected chi connectivity index (χ2v) is 6.72. The van der Waals surface area contributed by atoms with E-state index >= 15 is 0 Å². The van der Waals surface area contributed by atoms with Crippen molar-refractivity contribution in [2.75, 3.05) is 18.0 Å². The second-order valence-electron chi connectivity index (χ2n) is 6.72. The van der Waals surface area contributed by atoms with Gasteiger partial charge in [-0.05, 0) is 37.5 Å². The zero-order valence-electron chi connectivity index (χ0n) is 14.9. The van der Waals surface area contributed by atoms with Crippen LogP contribution in [0.15, 0.2) is 48.5 Å². The first-order valence-corrected chi connectivity index (χ1v) is 8.86. The molecule has 1 amide bonds. The van der Waals surface area contributed by atoms with Crippen LogP contribution in [0.5, 0.6) is 0 Å². The number of aryl methyl sites for hydroxylation is 1. The Kier molecular flexibility index (Phi) is 5.51. The monoisotopic (exact) mass is 353 g/mol. The maximum Gasteiger partial charge on any atom is 0.272 e. The molecule has 0 bridgehead atoms. The largest absolute Gasteiger partial charge is 0.371 e. The molecule has 1 heterocycles. The number of nitro benzene ring substituents is 1. The fraction of sp³-hybridized carbons (Fsp3) is 0.350. The van der Waals surface area contributed by atoms with Crippen LogP contribution in [0.4, 0.5) is 11.4 Å². The molecule has 1 saturated heterocycles. The molecule has 0 aliphatic carbocycles. The lowest BCUT2D eigenvalue weighted by Crippen LogP contribution is -2.45. The van der Waals surface area contributed by atoms with E-state index in [1.807, 2.05) is 36.4 Å². The minimum absolute atomic E-state index is 0.0563. The number of hydrogen-bond acceptors (Lipinski definition) is 4. The van der Waals surface area contributed by atoms with Gasteiger partial charge in [-0.3, -0.25) is 14.9 Å².